The van der Waals surface area contributed by atoms with Gasteiger partial charge in [-0.2, -0.15) is 0 Å². The van der Waals surface area contributed by atoms with Crippen molar-refractivity contribution in [1.82, 2.24) is 10.6 Å². The van der Waals surface area contributed by atoms with Crippen LogP contribution in [0.5, 0.6) is 11.5 Å². The lowest BCUT2D eigenvalue weighted by molar-refractivity contribution is -0.139. The number of benzene rings is 1. The van der Waals surface area contributed by atoms with Crippen LogP contribution in [0.25, 0.3) is 0 Å². The average Bonchev–Trinajstić information content (AvgIpc) is 2.62. The number of hydrogen-bond acceptors (Lipinski definition) is 5. The first-order chi connectivity index (χ1) is 12.5. The van der Waals surface area contributed by atoms with Gasteiger partial charge in [0.1, 0.15) is 0 Å². The second-order valence-electron chi connectivity index (χ2n) is 5.74. The Morgan fingerprint density at radius 1 is 1.19 bits per heavy atom. The third kappa shape index (κ3) is 4.46. The minimum Gasteiger partial charge on any atom is -0.493 e. The van der Waals surface area contributed by atoms with Crippen LogP contribution in [0.1, 0.15) is 45.2 Å². The lowest BCUT2D eigenvalue weighted by Gasteiger charge is -2.31. The molecular formula is C19H26N2O4S. The molecule has 0 radical (unpaired) electrons. The van der Waals surface area contributed by atoms with E-state index in [9.17, 15) is 4.79 Å². The van der Waals surface area contributed by atoms with E-state index in [2.05, 4.69) is 17.6 Å². The summed E-state index contributed by atoms with van der Waals surface area (Å²) in [5.74, 6) is 0.916. The number of carbonyl (C=O) groups excluding carboxylic acids is 1. The third-order valence-corrected chi connectivity index (χ3v) is 4.19. The second kappa shape index (κ2) is 9.43. The van der Waals surface area contributed by atoms with Crippen LogP contribution in [0.2, 0.25) is 0 Å². The van der Waals surface area contributed by atoms with E-state index < -0.39 is 6.04 Å². The minimum absolute atomic E-state index is 0.311. The van der Waals surface area contributed by atoms with Gasteiger partial charge in [-0.3, -0.25) is 0 Å². The first-order valence-electron chi connectivity index (χ1n) is 8.84. The quantitative estimate of drug-likeness (QED) is 0.532. The topological polar surface area (TPSA) is 68.8 Å². The maximum Gasteiger partial charge on any atom is 0.338 e. The number of nitrogens with one attached hydrogen (secondary N) is 2. The predicted octanol–water partition coefficient (Wildman–Crippen LogP) is 3.23. The van der Waals surface area contributed by atoms with Gasteiger partial charge in [-0.1, -0.05) is 19.4 Å². The average molecular weight is 378 g/mol. The van der Waals surface area contributed by atoms with Gasteiger partial charge in [0, 0.05) is 5.70 Å². The van der Waals surface area contributed by atoms with Crippen molar-refractivity contribution in [3.63, 3.8) is 0 Å². The van der Waals surface area contributed by atoms with Crippen LogP contribution >= 0.6 is 12.2 Å². The smallest absolute Gasteiger partial charge is 0.338 e. The fraction of sp³-hybridized carbons (Fsp3) is 0.474. The summed E-state index contributed by atoms with van der Waals surface area (Å²) in [5, 5.41) is 6.78. The molecule has 1 aromatic rings. The molecule has 1 aliphatic rings. The van der Waals surface area contributed by atoms with Gasteiger partial charge >= 0.3 is 5.97 Å². The van der Waals surface area contributed by atoms with E-state index in [1.54, 1.807) is 14.0 Å². The molecule has 7 heteroatoms. The number of hydrogen-bond donors (Lipinski definition) is 2. The van der Waals surface area contributed by atoms with E-state index in [1.807, 2.05) is 25.1 Å². The van der Waals surface area contributed by atoms with Crippen molar-refractivity contribution in [3.8, 4) is 11.5 Å². The lowest BCUT2D eigenvalue weighted by atomic mass is 9.93. The number of thiocarbonyl (C=S) groups is 1. The van der Waals surface area contributed by atoms with Gasteiger partial charge in [0.15, 0.2) is 16.6 Å². The van der Waals surface area contributed by atoms with Crippen molar-refractivity contribution >= 4 is 23.3 Å². The molecule has 0 bridgehead atoms. The summed E-state index contributed by atoms with van der Waals surface area (Å²) in [4.78, 5) is 12.6. The van der Waals surface area contributed by atoms with Crippen LogP contribution in [-0.4, -0.2) is 31.4 Å². The summed E-state index contributed by atoms with van der Waals surface area (Å²) in [5.41, 5.74) is 2.21. The Hall–Kier alpha value is -2.28. The Morgan fingerprint density at radius 2 is 1.96 bits per heavy atom. The zero-order valence-corrected chi connectivity index (χ0v) is 16.5. The van der Waals surface area contributed by atoms with Crippen LogP contribution in [0, 0.1) is 0 Å². The van der Waals surface area contributed by atoms with E-state index in [1.165, 1.54) is 0 Å². The van der Waals surface area contributed by atoms with E-state index in [-0.39, 0.29) is 5.97 Å². The van der Waals surface area contributed by atoms with Crippen molar-refractivity contribution in [2.45, 2.75) is 39.7 Å². The minimum atomic E-state index is -0.408. The molecule has 1 atom stereocenters. The van der Waals surface area contributed by atoms with Crippen molar-refractivity contribution in [1.29, 1.82) is 0 Å². The first kappa shape index (κ1) is 20.0. The summed E-state index contributed by atoms with van der Waals surface area (Å²) < 4.78 is 16.3. The Morgan fingerprint density at radius 3 is 2.58 bits per heavy atom. The number of carbonyl (C=O) groups is 1. The molecule has 2 N–H and O–H groups in total. The van der Waals surface area contributed by atoms with Crippen LogP contribution in [0.3, 0.4) is 0 Å². The van der Waals surface area contributed by atoms with Gasteiger partial charge in [-0.15, -0.1) is 0 Å². The lowest BCUT2D eigenvalue weighted by Crippen LogP contribution is -2.45. The maximum atomic E-state index is 12.6. The zero-order valence-electron chi connectivity index (χ0n) is 15.7. The predicted molar refractivity (Wildman–Crippen MR) is 104 cm³/mol. The summed E-state index contributed by atoms with van der Waals surface area (Å²) in [7, 11) is 1.60. The summed E-state index contributed by atoms with van der Waals surface area (Å²) in [6.45, 7) is 6.58. The van der Waals surface area contributed by atoms with Crippen molar-refractivity contribution in [2.75, 3.05) is 20.3 Å². The Balaban J connectivity index is 2.52. The Bertz CT molecular complexity index is 703. The standard InChI is InChI=1S/C19H26N2O4S/c1-5-8-13-16(18(22)25-7-3)17(21-19(26)20-13)12-9-10-14(23-4)15(11-12)24-6-2/h9-11,17H,5-8H2,1-4H3,(H2,20,21,26)/t17-/m0/s1. The highest BCUT2D eigenvalue weighted by atomic mass is 32.1. The molecule has 0 saturated heterocycles. The molecule has 1 aliphatic heterocycles. The number of ether oxygens (including phenoxy) is 3. The first-order valence-corrected chi connectivity index (χ1v) is 9.24. The highest BCUT2D eigenvalue weighted by Crippen LogP contribution is 2.35. The molecule has 1 aromatic carbocycles. The molecule has 0 spiro atoms. The fourth-order valence-corrected chi connectivity index (χ4v) is 3.15. The molecule has 0 saturated carbocycles. The molecule has 26 heavy (non-hydrogen) atoms. The van der Waals surface area contributed by atoms with Gasteiger partial charge in [0.25, 0.3) is 0 Å². The van der Waals surface area contributed by atoms with Gasteiger partial charge < -0.3 is 24.8 Å². The van der Waals surface area contributed by atoms with Gasteiger partial charge in [0.05, 0.1) is 31.9 Å². The molecule has 1 heterocycles. The molecule has 0 fully saturated rings. The summed E-state index contributed by atoms with van der Waals surface area (Å²) in [6.07, 6.45) is 1.59. The SMILES string of the molecule is CCCC1=C(C(=O)OCC)[C@H](c2ccc(OC)c(OCC)c2)NC(=S)N1. The maximum absolute atomic E-state index is 12.6. The van der Waals surface area contributed by atoms with Crippen LogP contribution in [-0.2, 0) is 9.53 Å². The second-order valence-corrected chi connectivity index (χ2v) is 6.15. The summed E-state index contributed by atoms with van der Waals surface area (Å²) >= 11 is 5.35. The molecule has 0 amide bonds. The molecule has 0 unspecified atom stereocenters. The Kier molecular flexibility index (Phi) is 7.26. The third-order valence-electron chi connectivity index (χ3n) is 3.97. The van der Waals surface area contributed by atoms with Gasteiger partial charge in [-0.25, -0.2) is 4.79 Å². The fourth-order valence-electron chi connectivity index (χ4n) is 2.91. The number of methoxy groups -OCH3 is 1. The molecule has 142 valence electrons. The molecule has 0 aliphatic carbocycles. The van der Waals surface area contributed by atoms with Crippen molar-refractivity contribution < 1.29 is 19.0 Å². The molecule has 2 rings (SSSR count). The van der Waals surface area contributed by atoms with Crippen molar-refractivity contribution in [3.05, 3.63) is 35.0 Å². The van der Waals surface area contributed by atoms with E-state index in [0.29, 0.717) is 41.8 Å². The van der Waals surface area contributed by atoms with Crippen LogP contribution in [0.4, 0.5) is 0 Å². The molecule has 0 aromatic heterocycles. The molecule has 6 nitrogen and oxygen atoms in total. The summed E-state index contributed by atoms with van der Waals surface area (Å²) in [6, 6.07) is 5.19. The van der Waals surface area contributed by atoms with E-state index in [0.717, 1.165) is 17.7 Å². The van der Waals surface area contributed by atoms with Gasteiger partial charge in [-0.05, 0) is 50.2 Å². The number of esters is 1. The largest absolute Gasteiger partial charge is 0.493 e. The zero-order chi connectivity index (χ0) is 19.1. The van der Waals surface area contributed by atoms with E-state index in [4.69, 9.17) is 26.4 Å². The highest BCUT2D eigenvalue weighted by Gasteiger charge is 2.32. The van der Waals surface area contributed by atoms with Gasteiger partial charge in [0.2, 0.25) is 0 Å². The normalized spacial score (nSPS) is 16.6. The number of allylic oxidation sites excluding steroid dienone is 1. The van der Waals surface area contributed by atoms with Crippen LogP contribution < -0.4 is 20.1 Å². The van der Waals surface area contributed by atoms with E-state index >= 15 is 0 Å². The monoisotopic (exact) mass is 378 g/mol. The van der Waals surface area contributed by atoms with Crippen molar-refractivity contribution in [2.24, 2.45) is 0 Å². The number of rotatable bonds is 8. The van der Waals surface area contributed by atoms with Crippen LogP contribution in [0.15, 0.2) is 29.5 Å². The highest BCUT2D eigenvalue weighted by molar-refractivity contribution is 7.80. The molecular weight excluding hydrogens is 352 g/mol. The Labute approximate surface area is 159 Å².